The number of aryl methyl sites for hydroxylation is 2. The maximum absolute atomic E-state index is 12.3. The molecule has 0 fully saturated rings. The van der Waals surface area contributed by atoms with Crippen molar-refractivity contribution in [3.05, 3.63) is 83.4 Å². The Balaban J connectivity index is 1.69. The molecular formula is C20H20N4O. The van der Waals surface area contributed by atoms with E-state index < -0.39 is 0 Å². The minimum atomic E-state index is -0.207. The summed E-state index contributed by atoms with van der Waals surface area (Å²) in [7, 11) is 0. The summed E-state index contributed by atoms with van der Waals surface area (Å²) in [5.41, 5.74) is 5.59. The van der Waals surface area contributed by atoms with Gasteiger partial charge < -0.3 is 10.6 Å². The standard InChI is InChI=1S/C20H20N4O/c1-14-3-4-18(15(2)11-14)24-17-7-10-22-19(12-17)20(25)23-13-16-5-8-21-9-6-16/h3-12H,13H2,1-2H3,(H,22,24)(H,23,25). The molecule has 5 heteroatoms. The lowest BCUT2D eigenvalue weighted by Gasteiger charge is -2.11. The molecule has 1 aromatic carbocycles. The molecule has 25 heavy (non-hydrogen) atoms. The molecule has 0 radical (unpaired) electrons. The first kappa shape index (κ1) is 16.6. The van der Waals surface area contributed by atoms with E-state index in [1.807, 2.05) is 24.3 Å². The Bertz CT molecular complexity index is 878. The lowest BCUT2D eigenvalue weighted by atomic mass is 10.1. The number of carbonyl (C=O) groups excluding carboxylic acids is 1. The van der Waals surface area contributed by atoms with E-state index >= 15 is 0 Å². The normalized spacial score (nSPS) is 10.3. The monoisotopic (exact) mass is 332 g/mol. The molecule has 126 valence electrons. The van der Waals surface area contributed by atoms with E-state index in [0.717, 1.165) is 22.5 Å². The van der Waals surface area contributed by atoms with Crippen LogP contribution in [0.3, 0.4) is 0 Å². The highest BCUT2D eigenvalue weighted by atomic mass is 16.1. The minimum absolute atomic E-state index is 0.207. The fourth-order valence-corrected chi connectivity index (χ4v) is 2.52. The molecule has 0 aliphatic carbocycles. The van der Waals surface area contributed by atoms with E-state index in [1.54, 1.807) is 24.7 Å². The molecule has 0 aliphatic heterocycles. The predicted octanol–water partition coefficient (Wildman–Crippen LogP) is 3.77. The highest BCUT2D eigenvalue weighted by Crippen LogP contribution is 2.21. The van der Waals surface area contributed by atoms with Gasteiger partial charge in [-0.15, -0.1) is 0 Å². The van der Waals surface area contributed by atoms with Crippen LogP contribution in [0.15, 0.2) is 61.1 Å². The van der Waals surface area contributed by atoms with Crippen LogP contribution in [0.1, 0.15) is 27.2 Å². The number of nitrogens with zero attached hydrogens (tertiary/aromatic N) is 2. The van der Waals surface area contributed by atoms with Gasteiger partial charge in [-0.1, -0.05) is 17.7 Å². The Hall–Kier alpha value is -3.21. The number of anilines is 2. The largest absolute Gasteiger partial charge is 0.355 e. The van der Waals surface area contributed by atoms with Crippen LogP contribution in [0.4, 0.5) is 11.4 Å². The van der Waals surface area contributed by atoms with Gasteiger partial charge in [0.1, 0.15) is 5.69 Å². The minimum Gasteiger partial charge on any atom is -0.355 e. The van der Waals surface area contributed by atoms with Crippen LogP contribution in [-0.4, -0.2) is 15.9 Å². The SMILES string of the molecule is Cc1ccc(Nc2ccnc(C(=O)NCc3ccncc3)c2)c(C)c1. The van der Waals surface area contributed by atoms with E-state index in [2.05, 4.69) is 46.6 Å². The second kappa shape index (κ2) is 7.57. The predicted molar refractivity (Wildman–Crippen MR) is 98.8 cm³/mol. The van der Waals surface area contributed by atoms with Gasteiger partial charge in [0.25, 0.3) is 5.91 Å². The molecule has 3 rings (SSSR count). The molecule has 2 aromatic heterocycles. The molecule has 0 bridgehead atoms. The van der Waals surface area contributed by atoms with Gasteiger partial charge in [-0.2, -0.15) is 0 Å². The summed E-state index contributed by atoms with van der Waals surface area (Å²) in [4.78, 5) is 20.4. The van der Waals surface area contributed by atoms with Crippen molar-refractivity contribution in [3.63, 3.8) is 0 Å². The van der Waals surface area contributed by atoms with Crippen LogP contribution in [0.25, 0.3) is 0 Å². The Morgan fingerprint density at radius 3 is 2.56 bits per heavy atom. The lowest BCUT2D eigenvalue weighted by molar-refractivity contribution is 0.0946. The van der Waals surface area contributed by atoms with Crippen molar-refractivity contribution in [2.75, 3.05) is 5.32 Å². The first-order valence-electron chi connectivity index (χ1n) is 8.09. The number of aromatic nitrogens is 2. The third kappa shape index (κ3) is 4.41. The zero-order valence-electron chi connectivity index (χ0n) is 14.3. The van der Waals surface area contributed by atoms with E-state index in [4.69, 9.17) is 0 Å². The van der Waals surface area contributed by atoms with Crippen molar-refractivity contribution in [2.45, 2.75) is 20.4 Å². The van der Waals surface area contributed by atoms with Gasteiger partial charge >= 0.3 is 0 Å². The summed E-state index contributed by atoms with van der Waals surface area (Å²) in [5.74, 6) is -0.207. The van der Waals surface area contributed by atoms with Crippen LogP contribution in [0, 0.1) is 13.8 Å². The molecule has 0 saturated heterocycles. The Morgan fingerprint density at radius 2 is 1.80 bits per heavy atom. The van der Waals surface area contributed by atoms with Gasteiger partial charge in [0.15, 0.2) is 0 Å². The van der Waals surface area contributed by atoms with E-state index in [0.29, 0.717) is 12.2 Å². The molecule has 0 aliphatic rings. The first-order chi connectivity index (χ1) is 12.1. The topological polar surface area (TPSA) is 66.9 Å². The van der Waals surface area contributed by atoms with Crippen LogP contribution < -0.4 is 10.6 Å². The fourth-order valence-electron chi connectivity index (χ4n) is 2.52. The maximum atomic E-state index is 12.3. The number of benzene rings is 1. The number of pyridine rings is 2. The number of amides is 1. The third-order valence-corrected chi connectivity index (χ3v) is 3.86. The summed E-state index contributed by atoms with van der Waals surface area (Å²) in [6, 6.07) is 13.5. The second-order valence-corrected chi connectivity index (χ2v) is 5.91. The summed E-state index contributed by atoms with van der Waals surface area (Å²) in [5, 5.41) is 6.21. The number of nitrogens with one attached hydrogen (secondary N) is 2. The summed E-state index contributed by atoms with van der Waals surface area (Å²) in [6.07, 6.45) is 5.04. The average Bonchev–Trinajstić information content (AvgIpc) is 2.63. The van der Waals surface area contributed by atoms with Crippen molar-refractivity contribution in [3.8, 4) is 0 Å². The molecule has 1 amide bonds. The first-order valence-corrected chi connectivity index (χ1v) is 8.09. The van der Waals surface area contributed by atoms with Crippen LogP contribution in [0.2, 0.25) is 0 Å². The van der Waals surface area contributed by atoms with Gasteiger partial charge in [0.2, 0.25) is 0 Å². The summed E-state index contributed by atoms with van der Waals surface area (Å²) in [6.45, 7) is 4.56. The molecular weight excluding hydrogens is 312 g/mol. The molecule has 0 unspecified atom stereocenters. The highest BCUT2D eigenvalue weighted by molar-refractivity contribution is 5.93. The van der Waals surface area contributed by atoms with E-state index in [9.17, 15) is 4.79 Å². The number of hydrogen-bond acceptors (Lipinski definition) is 4. The molecule has 5 nitrogen and oxygen atoms in total. The third-order valence-electron chi connectivity index (χ3n) is 3.86. The molecule has 0 atom stereocenters. The number of hydrogen-bond donors (Lipinski definition) is 2. The molecule has 0 spiro atoms. The number of carbonyl (C=O) groups is 1. The Kier molecular flexibility index (Phi) is 5.04. The smallest absolute Gasteiger partial charge is 0.270 e. The second-order valence-electron chi connectivity index (χ2n) is 5.91. The van der Waals surface area contributed by atoms with E-state index in [1.165, 1.54) is 5.56 Å². The van der Waals surface area contributed by atoms with Crippen molar-refractivity contribution in [2.24, 2.45) is 0 Å². The van der Waals surface area contributed by atoms with Crippen LogP contribution in [0.5, 0.6) is 0 Å². The maximum Gasteiger partial charge on any atom is 0.270 e. The average molecular weight is 332 g/mol. The number of rotatable bonds is 5. The molecule has 2 heterocycles. The summed E-state index contributed by atoms with van der Waals surface area (Å²) >= 11 is 0. The van der Waals surface area contributed by atoms with Gasteiger partial charge in [-0.25, -0.2) is 0 Å². The van der Waals surface area contributed by atoms with Crippen LogP contribution >= 0.6 is 0 Å². The molecule has 3 aromatic rings. The fraction of sp³-hybridized carbons (Fsp3) is 0.150. The Morgan fingerprint density at radius 1 is 1.00 bits per heavy atom. The highest BCUT2D eigenvalue weighted by Gasteiger charge is 2.08. The van der Waals surface area contributed by atoms with Crippen molar-refractivity contribution < 1.29 is 4.79 Å². The molecule has 2 N–H and O–H groups in total. The van der Waals surface area contributed by atoms with Crippen molar-refractivity contribution in [1.82, 2.24) is 15.3 Å². The Labute approximate surface area is 147 Å². The van der Waals surface area contributed by atoms with Crippen molar-refractivity contribution >= 4 is 17.3 Å². The van der Waals surface area contributed by atoms with Gasteiger partial charge in [0.05, 0.1) is 0 Å². The summed E-state index contributed by atoms with van der Waals surface area (Å²) < 4.78 is 0. The zero-order valence-corrected chi connectivity index (χ0v) is 14.3. The van der Waals surface area contributed by atoms with Gasteiger partial charge in [-0.3, -0.25) is 14.8 Å². The van der Waals surface area contributed by atoms with Gasteiger partial charge in [0, 0.05) is 36.5 Å². The van der Waals surface area contributed by atoms with Crippen molar-refractivity contribution in [1.29, 1.82) is 0 Å². The zero-order chi connectivity index (χ0) is 17.6. The van der Waals surface area contributed by atoms with E-state index in [-0.39, 0.29) is 5.91 Å². The molecule has 0 saturated carbocycles. The quantitative estimate of drug-likeness (QED) is 0.746. The van der Waals surface area contributed by atoms with Crippen LogP contribution in [-0.2, 0) is 6.54 Å². The van der Waals surface area contributed by atoms with Gasteiger partial charge in [-0.05, 0) is 55.3 Å². The lowest BCUT2D eigenvalue weighted by Crippen LogP contribution is -2.23.